The van der Waals surface area contributed by atoms with Gasteiger partial charge in [-0.3, -0.25) is 9.59 Å². The average Bonchev–Trinajstić information content (AvgIpc) is 3.34. The minimum Gasteiger partial charge on any atom is -0.326 e. The molecule has 2 N–H and O–H groups in total. The summed E-state index contributed by atoms with van der Waals surface area (Å²) in [4.78, 5) is 24.2. The number of halogens is 3. The van der Waals surface area contributed by atoms with Gasteiger partial charge in [-0.2, -0.15) is 0 Å². The first-order chi connectivity index (χ1) is 11.4. The molecule has 0 saturated heterocycles. The summed E-state index contributed by atoms with van der Waals surface area (Å²) in [6, 6.07) is 10.2. The van der Waals surface area contributed by atoms with Crippen LogP contribution >= 0.6 is 15.9 Å². The Kier molecular flexibility index (Phi) is 4.62. The third kappa shape index (κ3) is 3.79. The highest BCUT2D eigenvalue weighted by Gasteiger charge is 2.48. The molecule has 24 heavy (non-hydrogen) atoms. The van der Waals surface area contributed by atoms with Crippen LogP contribution in [0.15, 0.2) is 46.9 Å². The lowest BCUT2D eigenvalue weighted by Gasteiger charge is -2.06. The van der Waals surface area contributed by atoms with Crippen LogP contribution in [0.3, 0.4) is 0 Å². The van der Waals surface area contributed by atoms with Crippen molar-refractivity contribution >= 4 is 39.1 Å². The van der Waals surface area contributed by atoms with Crippen LogP contribution in [0.5, 0.6) is 0 Å². The Morgan fingerprint density at radius 1 is 0.875 bits per heavy atom. The second-order valence-corrected chi connectivity index (χ2v) is 6.48. The lowest BCUT2D eigenvalue weighted by Crippen LogP contribution is -2.20. The molecule has 0 aromatic heterocycles. The maximum atomic E-state index is 13.1. The van der Waals surface area contributed by atoms with E-state index in [0.717, 1.165) is 16.6 Å². The lowest BCUT2D eigenvalue weighted by molar-refractivity contribution is -0.122. The Hall–Kier alpha value is -2.28. The van der Waals surface area contributed by atoms with Crippen molar-refractivity contribution in [1.29, 1.82) is 0 Å². The Balaban J connectivity index is 1.55. The normalized spacial score (nSPS) is 18.8. The minimum atomic E-state index is -1.03. The van der Waals surface area contributed by atoms with Crippen LogP contribution in [0.1, 0.15) is 6.42 Å². The van der Waals surface area contributed by atoms with E-state index in [1.165, 1.54) is 6.07 Å². The molecule has 3 rings (SSSR count). The fourth-order valence-electron chi connectivity index (χ4n) is 2.35. The molecule has 7 heteroatoms. The summed E-state index contributed by atoms with van der Waals surface area (Å²) in [5.74, 6) is -3.51. The van der Waals surface area contributed by atoms with E-state index in [0.29, 0.717) is 12.1 Å². The SMILES string of the molecule is O=C(Nc1ccc(Br)cc1)C1CC1C(=O)Nc1ccc(F)c(F)c1. The summed E-state index contributed by atoms with van der Waals surface area (Å²) >= 11 is 3.31. The molecule has 1 aliphatic rings. The molecule has 0 aliphatic heterocycles. The highest BCUT2D eigenvalue weighted by molar-refractivity contribution is 9.10. The van der Waals surface area contributed by atoms with E-state index >= 15 is 0 Å². The van der Waals surface area contributed by atoms with Crippen LogP contribution in [0.2, 0.25) is 0 Å². The second-order valence-electron chi connectivity index (χ2n) is 5.56. The maximum absolute atomic E-state index is 13.1. The quantitative estimate of drug-likeness (QED) is 0.824. The number of amides is 2. The lowest BCUT2D eigenvalue weighted by atomic mass is 10.2. The van der Waals surface area contributed by atoms with E-state index in [1.54, 1.807) is 24.3 Å². The summed E-state index contributed by atoms with van der Waals surface area (Å²) in [7, 11) is 0. The van der Waals surface area contributed by atoms with Gasteiger partial charge in [0, 0.05) is 21.9 Å². The Bertz CT molecular complexity index is 796. The first kappa shape index (κ1) is 16.6. The average molecular weight is 395 g/mol. The number of carbonyl (C=O) groups is 2. The molecule has 0 heterocycles. The van der Waals surface area contributed by atoms with Gasteiger partial charge in [-0.25, -0.2) is 8.78 Å². The fourth-order valence-corrected chi connectivity index (χ4v) is 2.62. The zero-order valence-corrected chi connectivity index (χ0v) is 13.9. The molecular weight excluding hydrogens is 382 g/mol. The van der Waals surface area contributed by atoms with Crippen molar-refractivity contribution in [2.24, 2.45) is 11.8 Å². The zero-order chi connectivity index (χ0) is 17.3. The molecule has 4 nitrogen and oxygen atoms in total. The molecule has 1 saturated carbocycles. The van der Waals surface area contributed by atoms with E-state index in [9.17, 15) is 18.4 Å². The zero-order valence-electron chi connectivity index (χ0n) is 12.4. The van der Waals surface area contributed by atoms with Crippen LogP contribution in [0.25, 0.3) is 0 Å². The third-order valence-corrected chi connectivity index (χ3v) is 4.29. The predicted molar refractivity (Wildman–Crippen MR) is 89.4 cm³/mol. The summed E-state index contributed by atoms with van der Waals surface area (Å²) in [5, 5.41) is 5.24. The number of anilines is 2. The van der Waals surface area contributed by atoms with Gasteiger partial charge >= 0.3 is 0 Å². The number of carbonyl (C=O) groups excluding carboxylic acids is 2. The van der Waals surface area contributed by atoms with Crippen molar-refractivity contribution < 1.29 is 18.4 Å². The highest BCUT2D eigenvalue weighted by Crippen LogP contribution is 2.40. The van der Waals surface area contributed by atoms with Gasteiger partial charge in [0.1, 0.15) is 0 Å². The number of hydrogen-bond donors (Lipinski definition) is 2. The molecule has 2 amide bonds. The van der Waals surface area contributed by atoms with Gasteiger partial charge in [0.2, 0.25) is 11.8 Å². The minimum absolute atomic E-state index is 0.165. The Labute approximate surface area is 145 Å². The maximum Gasteiger partial charge on any atom is 0.228 e. The van der Waals surface area contributed by atoms with E-state index in [2.05, 4.69) is 26.6 Å². The standard InChI is InChI=1S/C17H13BrF2N2O2/c18-9-1-3-10(4-2-9)21-16(23)12-8-13(12)17(24)22-11-5-6-14(19)15(20)7-11/h1-7,12-13H,8H2,(H,21,23)(H,22,24). The van der Waals surface area contributed by atoms with Crippen molar-refractivity contribution in [1.82, 2.24) is 0 Å². The number of nitrogens with one attached hydrogen (secondary N) is 2. The molecule has 124 valence electrons. The predicted octanol–water partition coefficient (Wildman–Crippen LogP) is 3.94. The summed E-state index contributed by atoms with van der Waals surface area (Å²) in [5.41, 5.74) is 0.813. The van der Waals surface area contributed by atoms with Crippen LogP contribution in [0.4, 0.5) is 20.2 Å². The van der Waals surface area contributed by atoms with Gasteiger partial charge in [-0.15, -0.1) is 0 Å². The molecule has 1 fully saturated rings. The van der Waals surface area contributed by atoms with Crippen LogP contribution in [-0.4, -0.2) is 11.8 Å². The first-order valence-electron chi connectivity index (χ1n) is 7.26. The van der Waals surface area contributed by atoms with E-state index in [4.69, 9.17) is 0 Å². The molecule has 2 aromatic rings. The smallest absolute Gasteiger partial charge is 0.228 e. The van der Waals surface area contributed by atoms with Crippen molar-refractivity contribution in [3.8, 4) is 0 Å². The van der Waals surface area contributed by atoms with Crippen LogP contribution in [-0.2, 0) is 9.59 Å². The topological polar surface area (TPSA) is 58.2 Å². The van der Waals surface area contributed by atoms with Gasteiger partial charge in [-0.1, -0.05) is 15.9 Å². The van der Waals surface area contributed by atoms with E-state index < -0.39 is 23.5 Å². The fraction of sp³-hybridized carbons (Fsp3) is 0.176. The van der Waals surface area contributed by atoms with Gasteiger partial charge in [0.25, 0.3) is 0 Å². The molecule has 1 aliphatic carbocycles. The molecule has 0 radical (unpaired) electrons. The van der Waals surface area contributed by atoms with Crippen molar-refractivity contribution in [3.63, 3.8) is 0 Å². The second kappa shape index (κ2) is 6.68. The number of benzene rings is 2. The first-order valence-corrected chi connectivity index (χ1v) is 8.05. The van der Waals surface area contributed by atoms with Crippen molar-refractivity contribution in [3.05, 3.63) is 58.6 Å². The van der Waals surface area contributed by atoms with Crippen molar-refractivity contribution in [2.45, 2.75) is 6.42 Å². The molecule has 2 aromatic carbocycles. The van der Waals surface area contributed by atoms with Crippen LogP contribution < -0.4 is 10.6 Å². The molecular formula is C17H13BrF2N2O2. The van der Waals surface area contributed by atoms with Gasteiger partial charge in [-0.05, 0) is 42.8 Å². The number of hydrogen-bond acceptors (Lipinski definition) is 2. The van der Waals surface area contributed by atoms with Crippen molar-refractivity contribution in [2.75, 3.05) is 10.6 Å². The summed E-state index contributed by atoms with van der Waals surface area (Å²) < 4.78 is 26.9. The van der Waals surface area contributed by atoms with Gasteiger partial charge in [0.15, 0.2) is 11.6 Å². The van der Waals surface area contributed by atoms with E-state index in [1.807, 2.05) is 0 Å². The Morgan fingerprint density at radius 3 is 2.00 bits per heavy atom. The monoisotopic (exact) mass is 394 g/mol. The molecule has 2 atom stereocenters. The Morgan fingerprint density at radius 2 is 1.42 bits per heavy atom. The summed E-state index contributed by atoms with van der Waals surface area (Å²) in [6.07, 6.45) is 0.428. The molecule has 0 bridgehead atoms. The van der Waals surface area contributed by atoms with Gasteiger partial charge < -0.3 is 10.6 Å². The summed E-state index contributed by atoms with van der Waals surface area (Å²) in [6.45, 7) is 0. The highest BCUT2D eigenvalue weighted by atomic mass is 79.9. The largest absolute Gasteiger partial charge is 0.326 e. The van der Waals surface area contributed by atoms with Crippen LogP contribution in [0, 0.1) is 23.5 Å². The third-order valence-electron chi connectivity index (χ3n) is 3.76. The van der Waals surface area contributed by atoms with Gasteiger partial charge in [0.05, 0.1) is 11.8 Å². The van der Waals surface area contributed by atoms with E-state index in [-0.39, 0.29) is 17.5 Å². The number of rotatable bonds is 4. The molecule has 2 unspecified atom stereocenters. The molecule has 0 spiro atoms.